The minimum atomic E-state index is -0.891. The standard InChI is InChI=1S/C14H11BrO4/c1-6-3-8-9(5-11(16)17)13-10(4-7(2)18-13)12(15)14(8)19-6/h3-4H,5H2,1-2H3,(H,16,17). The quantitative estimate of drug-likeness (QED) is 0.768. The van der Waals surface area contributed by atoms with Gasteiger partial charge in [-0.25, -0.2) is 0 Å². The average molecular weight is 323 g/mol. The van der Waals surface area contributed by atoms with Gasteiger partial charge < -0.3 is 13.9 Å². The van der Waals surface area contributed by atoms with Crippen LogP contribution < -0.4 is 0 Å². The number of halogens is 1. The molecule has 0 aliphatic carbocycles. The van der Waals surface area contributed by atoms with Crippen LogP contribution in [0.4, 0.5) is 0 Å². The first-order valence-corrected chi connectivity index (χ1v) is 6.59. The second kappa shape index (κ2) is 4.13. The van der Waals surface area contributed by atoms with Crippen LogP contribution in [0.15, 0.2) is 25.4 Å². The molecule has 3 aromatic rings. The van der Waals surface area contributed by atoms with E-state index in [1.165, 1.54) is 0 Å². The van der Waals surface area contributed by atoms with Gasteiger partial charge in [0.2, 0.25) is 0 Å². The van der Waals surface area contributed by atoms with Crippen molar-refractivity contribution in [3.63, 3.8) is 0 Å². The Labute approximate surface area is 117 Å². The van der Waals surface area contributed by atoms with Gasteiger partial charge in [-0.15, -0.1) is 0 Å². The van der Waals surface area contributed by atoms with Crippen molar-refractivity contribution in [3.8, 4) is 0 Å². The number of carboxylic acids is 1. The smallest absolute Gasteiger partial charge is 0.307 e. The molecule has 0 atom stereocenters. The Morgan fingerprint density at radius 2 is 1.74 bits per heavy atom. The maximum absolute atomic E-state index is 11.1. The van der Waals surface area contributed by atoms with Gasteiger partial charge in [-0.3, -0.25) is 4.79 Å². The van der Waals surface area contributed by atoms with Crippen molar-refractivity contribution in [2.45, 2.75) is 20.3 Å². The molecule has 2 heterocycles. The molecule has 0 radical (unpaired) electrons. The SMILES string of the molecule is Cc1cc2c(CC(=O)O)c3oc(C)cc3c(Br)c2o1. The molecule has 1 aromatic carbocycles. The van der Waals surface area contributed by atoms with E-state index in [1.54, 1.807) is 0 Å². The van der Waals surface area contributed by atoms with Crippen LogP contribution in [0.2, 0.25) is 0 Å². The minimum Gasteiger partial charge on any atom is -0.481 e. The molecule has 0 unspecified atom stereocenters. The van der Waals surface area contributed by atoms with Crippen LogP contribution in [0.3, 0.4) is 0 Å². The summed E-state index contributed by atoms with van der Waals surface area (Å²) in [5.41, 5.74) is 1.94. The number of aryl methyl sites for hydroxylation is 2. The van der Waals surface area contributed by atoms with E-state index in [0.717, 1.165) is 26.8 Å². The van der Waals surface area contributed by atoms with Crippen LogP contribution in [0.25, 0.3) is 21.9 Å². The number of rotatable bonds is 2. The van der Waals surface area contributed by atoms with Gasteiger partial charge in [0, 0.05) is 16.3 Å². The van der Waals surface area contributed by atoms with Gasteiger partial charge in [0.15, 0.2) is 0 Å². The summed E-state index contributed by atoms with van der Waals surface area (Å²) >= 11 is 3.51. The summed E-state index contributed by atoms with van der Waals surface area (Å²) in [6.45, 7) is 3.67. The highest BCUT2D eigenvalue weighted by molar-refractivity contribution is 9.10. The largest absolute Gasteiger partial charge is 0.481 e. The van der Waals surface area contributed by atoms with Crippen molar-refractivity contribution in [3.05, 3.63) is 33.7 Å². The summed E-state index contributed by atoms with van der Waals surface area (Å²) in [5.74, 6) is 0.594. The summed E-state index contributed by atoms with van der Waals surface area (Å²) < 4.78 is 12.1. The molecule has 19 heavy (non-hydrogen) atoms. The summed E-state index contributed by atoms with van der Waals surface area (Å²) in [4.78, 5) is 11.1. The lowest BCUT2D eigenvalue weighted by molar-refractivity contribution is -0.136. The number of carbonyl (C=O) groups is 1. The first-order valence-electron chi connectivity index (χ1n) is 5.80. The number of fused-ring (bicyclic) bond motifs is 2. The predicted octanol–water partition coefficient (Wildman–Crippen LogP) is 4.19. The zero-order chi connectivity index (χ0) is 13.7. The maximum Gasteiger partial charge on any atom is 0.307 e. The van der Waals surface area contributed by atoms with E-state index in [-0.39, 0.29) is 6.42 Å². The molecule has 0 fully saturated rings. The van der Waals surface area contributed by atoms with Crippen LogP contribution in [0.5, 0.6) is 0 Å². The molecule has 1 N–H and O–H groups in total. The van der Waals surface area contributed by atoms with Gasteiger partial charge in [-0.1, -0.05) is 0 Å². The van der Waals surface area contributed by atoms with Gasteiger partial charge in [0.25, 0.3) is 0 Å². The summed E-state index contributed by atoms with van der Waals surface area (Å²) in [6.07, 6.45) is -0.0911. The Morgan fingerprint density at radius 3 is 2.37 bits per heavy atom. The lowest BCUT2D eigenvalue weighted by atomic mass is 10.0. The van der Waals surface area contributed by atoms with Crippen LogP contribution >= 0.6 is 15.9 Å². The van der Waals surface area contributed by atoms with E-state index < -0.39 is 5.97 Å². The zero-order valence-corrected chi connectivity index (χ0v) is 12.0. The van der Waals surface area contributed by atoms with E-state index >= 15 is 0 Å². The average Bonchev–Trinajstić information content (AvgIpc) is 2.87. The second-order valence-electron chi connectivity index (χ2n) is 4.56. The third kappa shape index (κ3) is 1.85. The van der Waals surface area contributed by atoms with Crippen molar-refractivity contribution in [1.29, 1.82) is 0 Å². The molecule has 3 rings (SSSR count). The topological polar surface area (TPSA) is 63.6 Å². The van der Waals surface area contributed by atoms with Crippen molar-refractivity contribution in [2.75, 3.05) is 0 Å². The third-order valence-electron chi connectivity index (χ3n) is 3.07. The lowest BCUT2D eigenvalue weighted by Crippen LogP contribution is -2.01. The summed E-state index contributed by atoms with van der Waals surface area (Å²) in [6, 6.07) is 3.72. The molecule has 98 valence electrons. The molecule has 0 saturated heterocycles. The third-order valence-corrected chi connectivity index (χ3v) is 3.86. The molecular formula is C14H11BrO4. The highest BCUT2D eigenvalue weighted by atomic mass is 79.9. The minimum absolute atomic E-state index is 0.0911. The highest BCUT2D eigenvalue weighted by Gasteiger charge is 2.20. The molecule has 0 bridgehead atoms. The van der Waals surface area contributed by atoms with Gasteiger partial charge in [-0.2, -0.15) is 0 Å². The first-order chi connectivity index (χ1) is 8.97. The zero-order valence-electron chi connectivity index (χ0n) is 10.4. The van der Waals surface area contributed by atoms with E-state index in [2.05, 4.69) is 15.9 Å². The summed E-state index contributed by atoms with van der Waals surface area (Å²) in [7, 11) is 0. The molecule has 2 aromatic heterocycles. The number of carboxylic acid groups (broad SMARTS) is 1. The van der Waals surface area contributed by atoms with Crippen LogP contribution in [0, 0.1) is 13.8 Å². The first kappa shape index (κ1) is 12.3. The number of benzene rings is 1. The van der Waals surface area contributed by atoms with Gasteiger partial charge >= 0.3 is 5.97 Å². The number of hydrogen-bond acceptors (Lipinski definition) is 3. The fourth-order valence-electron chi connectivity index (χ4n) is 2.37. The van der Waals surface area contributed by atoms with Crippen LogP contribution in [0.1, 0.15) is 17.1 Å². The van der Waals surface area contributed by atoms with Gasteiger partial charge in [0.05, 0.1) is 10.9 Å². The van der Waals surface area contributed by atoms with Crippen molar-refractivity contribution >= 4 is 43.8 Å². The Kier molecular flexibility index (Phi) is 2.67. The normalized spacial score (nSPS) is 11.5. The summed E-state index contributed by atoms with van der Waals surface area (Å²) in [5, 5.41) is 10.7. The van der Waals surface area contributed by atoms with Gasteiger partial charge in [0.1, 0.15) is 22.7 Å². The van der Waals surface area contributed by atoms with E-state index in [0.29, 0.717) is 16.7 Å². The fraction of sp³-hybridized carbons (Fsp3) is 0.214. The van der Waals surface area contributed by atoms with E-state index in [1.807, 2.05) is 26.0 Å². The number of furan rings is 2. The molecular weight excluding hydrogens is 312 g/mol. The Hall–Kier alpha value is -1.75. The van der Waals surface area contributed by atoms with E-state index in [9.17, 15) is 4.79 Å². The van der Waals surface area contributed by atoms with Crippen LogP contribution in [-0.4, -0.2) is 11.1 Å². The van der Waals surface area contributed by atoms with Crippen molar-refractivity contribution in [2.24, 2.45) is 0 Å². The van der Waals surface area contributed by atoms with Crippen molar-refractivity contribution in [1.82, 2.24) is 0 Å². The van der Waals surface area contributed by atoms with E-state index in [4.69, 9.17) is 13.9 Å². The Morgan fingerprint density at radius 1 is 1.16 bits per heavy atom. The molecule has 0 spiro atoms. The molecule has 0 amide bonds. The lowest BCUT2D eigenvalue weighted by Gasteiger charge is -2.03. The number of aliphatic carboxylic acids is 1. The monoisotopic (exact) mass is 322 g/mol. The van der Waals surface area contributed by atoms with Gasteiger partial charge in [-0.05, 0) is 41.9 Å². The molecule has 0 saturated carbocycles. The Bertz CT molecular complexity index is 752. The molecule has 0 aliphatic rings. The predicted molar refractivity (Wildman–Crippen MR) is 74.5 cm³/mol. The molecule has 5 heteroatoms. The number of hydrogen-bond donors (Lipinski definition) is 1. The highest BCUT2D eigenvalue weighted by Crippen LogP contribution is 2.39. The fourth-order valence-corrected chi connectivity index (χ4v) is 2.96. The van der Waals surface area contributed by atoms with Crippen molar-refractivity contribution < 1.29 is 18.7 Å². The maximum atomic E-state index is 11.1. The molecule has 4 nitrogen and oxygen atoms in total. The Balaban J connectivity index is 2.50. The molecule has 0 aliphatic heterocycles. The second-order valence-corrected chi connectivity index (χ2v) is 5.36. The van der Waals surface area contributed by atoms with Crippen LogP contribution in [-0.2, 0) is 11.2 Å².